The summed E-state index contributed by atoms with van der Waals surface area (Å²) in [5.74, 6) is 0.428. The second-order valence-corrected chi connectivity index (χ2v) is 2.87. The van der Waals surface area contributed by atoms with Gasteiger partial charge in [-0.2, -0.15) is 9.78 Å². The second-order valence-electron chi connectivity index (χ2n) is 2.87. The van der Waals surface area contributed by atoms with E-state index < -0.39 is 0 Å². The van der Waals surface area contributed by atoms with Gasteiger partial charge in [-0.15, -0.1) is 5.10 Å². The van der Waals surface area contributed by atoms with Crippen LogP contribution in [0, 0.1) is 6.92 Å². The van der Waals surface area contributed by atoms with E-state index in [-0.39, 0.29) is 11.2 Å². The number of nitrogens with two attached hydrogens (primary N) is 1. The Kier molecular flexibility index (Phi) is 1.81. The third-order valence-electron chi connectivity index (χ3n) is 1.90. The number of aromatic amines is 1. The van der Waals surface area contributed by atoms with E-state index in [9.17, 15) is 4.79 Å². The molecule has 0 aromatic carbocycles. The van der Waals surface area contributed by atoms with Crippen LogP contribution < -0.4 is 11.3 Å². The van der Waals surface area contributed by atoms with Crippen molar-refractivity contribution in [3.63, 3.8) is 0 Å². The molecule has 2 rings (SSSR count). The molecular formula is C8H9N5O. The van der Waals surface area contributed by atoms with E-state index in [1.165, 1.54) is 10.9 Å². The Labute approximate surface area is 79.4 Å². The van der Waals surface area contributed by atoms with Gasteiger partial charge in [0, 0.05) is 6.20 Å². The zero-order valence-corrected chi connectivity index (χ0v) is 7.56. The van der Waals surface area contributed by atoms with Gasteiger partial charge in [-0.1, -0.05) is 0 Å². The third-order valence-corrected chi connectivity index (χ3v) is 1.90. The monoisotopic (exact) mass is 191 g/mol. The van der Waals surface area contributed by atoms with E-state index >= 15 is 0 Å². The molecule has 6 nitrogen and oxygen atoms in total. The molecule has 72 valence electrons. The van der Waals surface area contributed by atoms with Crippen molar-refractivity contribution in [3.05, 3.63) is 34.4 Å². The Balaban J connectivity index is 2.64. The first-order valence-corrected chi connectivity index (χ1v) is 4.05. The normalized spacial score (nSPS) is 10.4. The first-order valence-electron chi connectivity index (χ1n) is 4.05. The molecule has 3 N–H and O–H groups in total. The third kappa shape index (κ3) is 1.17. The van der Waals surface area contributed by atoms with Crippen LogP contribution in [0.5, 0.6) is 0 Å². The molecule has 0 aliphatic carbocycles. The van der Waals surface area contributed by atoms with Crippen LogP contribution in [0.15, 0.2) is 23.1 Å². The fraction of sp³-hybridized carbons (Fsp3) is 0.125. The van der Waals surface area contributed by atoms with Crippen molar-refractivity contribution in [2.24, 2.45) is 0 Å². The molecule has 14 heavy (non-hydrogen) atoms. The number of hydrogen-bond acceptors (Lipinski definition) is 4. The molecule has 0 bridgehead atoms. The summed E-state index contributed by atoms with van der Waals surface area (Å²) in [6, 6.07) is 3.37. The number of anilines is 1. The lowest BCUT2D eigenvalue weighted by Gasteiger charge is -1.96. The van der Waals surface area contributed by atoms with Crippen LogP contribution in [0.3, 0.4) is 0 Å². The Hall–Kier alpha value is -2.11. The van der Waals surface area contributed by atoms with Crippen molar-refractivity contribution in [2.45, 2.75) is 6.92 Å². The highest BCUT2D eigenvalue weighted by molar-refractivity contribution is 5.41. The average Bonchev–Trinajstić information content (AvgIpc) is 2.47. The second kappa shape index (κ2) is 2.99. The molecule has 0 saturated heterocycles. The van der Waals surface area contributed by atoms with Crippen molar-refractivity contribution in [1.82, 2.24) is 20.0 Å². The van der Waals surface area contributed by atoms with Gasteiger partial charge in [0.2, 0.25) is 0 Å². The summed E-state index contributed by atoms with van der Waals surface area (Å²) in [5, 5.41) is 10.3. The van der Waals surface area contributed by atoms with Gasteiger partial charge in [0.15, 0.2) is 5.82 Å². The molecule has 0 amide bonds. The van der Waals surface area contributed by atoms with Gasteiger partial charge in [0.1, 0.15) is 5.69 Å². The Morgan fingerprint density at radius 3 is 2.86 bits per heavy atom. The number of nitrogens with zero attached hydrogens (tertiary/aromatic N) is 3. The number of aromatic nitrogens is 4. The number of aryl methyl sites for hydroxylation is 1. The van der Waals surface area contributed by atoms with Gasteiger partial charge in [-0.3, -0.25) is 9.89 Å². The minimum absolute atomic E-state index is 0.204. The Morgan fingerprint density at radius 1 is 1.57 bits per heavy atom. The quantitative estimate of drug-likeness (QED) is 0.655. The summed E-state index contributed by atoms with van der Waals surface area (Å²) < 4.78 is 1.26. The Bertz CT molecular complexity index is 498. The van der Waals surface area contributed by atoms with Gasteiger partial charge in [-0.05, 0) is 19.1 Å². The molecule has 0 spiro atoms. The molecule has 0 atom stereocenters. The molecule has 0 aliphatic rings. The summed E-state index contributed by atoms with van der Waals surface area (Å²) in [6.45, 7) is 1.73. The van der Waals surface area contributed by atoms with Gasteiger partial charge < -0.3 is 5.73 Å². The van der Waals surface area contributed by atoms with Gasteiger partial charge in [0.05, 0.1) is 5.69 Å². The maximum absolute atomic E-state index is 11.5. The van der Waals surface area contributed by atoms with Crippen molar-refractivity contribution < 1.29 is 0 Å². The van der Waals surface area contributed by atoms with Gasteiger partial charge in [-0.25, -0.2) is 0 Å². The van der Waals surface area contributed by atoms with Crippen molar-refractivity contribution >= 4 is 5.69 Å². The predicted molar refractivity (Wildman–Crippen MR) is 51.1 cm³/mol. The SMILES string of the molecule is Cc1[nH]n(-c2cccnn2)c(=O)c1N. The van der Waals surface area contributed by atoms with E-state index in [1.54, 1.807) is 19.1 Å². The van der Waals surface area contributed by atoms with Crippen LogP contribution in [0.2, 0.25) is 0 Å². The highest BCUT2D eigenvalue weighted by Gasteiger charge is 2.09. The smallest absolute Gasteiger partial charge is 0.296 e. The summed E-state index contributed by atoms with van der Waals surface area (Å²) in [6.07, 6.45) is 1.54. The molecule has 2 heterocycles. The minimum Gasteiger partial charge on any atom is -0.393 e. The number of nitrogen functional groups attached to an aromatic ring is 1. The topological polar surface area (TPSA) is 89.6 Å². The molecule has 6 heteroatoms. The van der Waals surface area contributed by atoms with Crippen LogP contribution in [0.4, 0.5) is 5.69 Å². The first-order chi connectivity index (χ1) is 6.70. The molecule has 0 fully saturated rings. The standard InChI is InChI=1S/C8H9N5O/c1-5-7(9)8(14)13(12-5)6-3-2-4-10-11-6/h2-4,12H,9H2,1H3. The summed E-state index contributed by atoms with van der Waals surface area (Å²) in [7, 11) is 0. The molecule has 0 unspecified atom stereocenters. The van der Waals surface area contributed by atoms with Crippen LogP contribution in [-0.4, -0.2) is 20.0 Å². The zero-order chi connectivity index (χ0) is 10.1. The zero-order valence-electron chi connectivity index (χ0n) is 7.56. The van der Waals surface area contributed by atoms with Crippen molar-refractivity contribution in [3.8, 4) is 5.82 Å². The number of hydrogen-bond donors (Lipinski definition) is 2. The van der Waals surface area contributed by atoms with Crippen LogP contribution in [0.1, 0.15) is 5.69 Å². The fourth-order valence-electron chi connectivity index (χ4n) is 1.13. The summed E-state index contributed by atoms with van der Waals surface area (Å²) in [4.78, 5) is 11.5. The number of rotatable bonds is 1. The molecule has 0 radical (unpaired) electrons. The lowest BCUT2D eigenvalue weighted by Crippen LogP contribution is -2.17. The van der Waals surface area contributed by atoms with Gasteiger partial charge in [0.25, 0.3) is 5.56 Å². The van der Waals surface area contributed by atoms with Crippen molar-refractivity contribution in [1.29, 1.82) is 0 Å². The Morgan fingerprint density at radius 2 is 2.36 bits per heavy atom. The highest BCUT2D eigenvalue weighted by Crippen LogP contribution is 2.03. The van der Waals surface area contributed by atoms with Crippen LogP contribution >= 0.6 is 0 Å². The first kappa shape index (κ1) is 8.49. The lowest BCUT2D eigenvalue weighted by atomic mass is 10.4. The molecule has 0 aliphatic heterocycles. The summed E-state index contributed by atoms with van der Waals surface area (Å²) >= 11 is 0. The molecule has 2 aromatic heterocycles. The van der Waals surface area contributed by atoms with Crippen LogP contribution in [-0.2, 0) is 0 Å². The minimum atomic E-state index is -0.303. The van der Waals surface area contributed by atoms with E-state index in [1.807, 2.05) is 0 Å². The van der Waals surface area contributed by atoms with Crippen molar-refractivity contribution in [2.75, 3.05) is 5.73 Å². The average molecular weight is 191 g/mol. The maximum atomic E-state index is 11.5. The molecule has 0 saturated carbocycles. The number of nitrogens with one attached hydrogen (secondary N) is 1. The lowest BCUT2D eigenvalue weighted by molar-refractivity contribution is 0.782. The fourth-order valence-corrected chi connectivity index (χ4v) is 1.13. The van der Waals surface area contributed by atoms with E-state index in [4.69, 9.17) is 5.73 Å². The van der Waals surface area contributed by atoms with E-state index in [0.29, 0.717) is 11.5 Å². The van der Waals surface area contributed by atoms with Crippen LogP contribution in [0.25, 0.3) is 5.82 Å². The van der Waals surface area contributed by atoms with Gasteiger partial charge >= 0.3 is 0 Å². The largest absolute Gasteiger partial charge is 0.393 e. The maximum Gasteiger partial charge on any atom is 0.296 e. The van der Waals surface area contributed by atoms with E-state index in [2.05, 4.69) is 15.3 Å². The molecular weight excluding hydrogens is 182 g/mol. The predicted octanol–water partition coefficient (Wildman–Crippen LogP) is -0.154. The highest BCUT2D eigenvalue weighted by atomic mass is 16.1. The van der Waals surface area contributed by atoms with E-state index in [0.717, 1.165) is 0 Å². The summed E-state index contributed by atoms with van der Waals surface area (Å²) in [5.41, 5.74) is 6.05. The molecule has 2 aromatic rings. The number of H-pyrrole nitrogens is 1.